The van der Waals surface area contributed by atoms with E-state index in [0.29, 0.717) is 0 Å². The first-order valence-corrected chi connectivity index (χ1v) is 7.97. The van der Waals surface area contributed by atoms with Crippen molar-refractivity contribution in [2.75, 3.05) is 39.3 Å². The normalized spacial score (nSPS) is 15.6. The zero-order valence-electron chi connectivity index (χ0n) is 13.2. The molecule has 23 heavy (non-hydrogen) atoms. The fraction of sp³-hybridized carbons (Fsp3) is 0.412. The van der Waals surface area contributed by atoms with Crippen LogP contribution in [0.15, 0.2) is 48.8 Å². The zero-order valence-corrected chi connectivity index (χ0v) is 13.2. The summed E-state index contributed by atoms with van der Waals surface area (Å²) in [7, 11) is 0. The van der Waals surface area contributed by atoms with Gasteiger partial charge in [0.25, 0.3) is 5.91 Å². The van der Waals surface area contributed by atoms with E-state index in [-0.39, 0.29) is 12.5 Å². The van der Waals surface area contributed by atoms with Gasteiger partial charge in [0.15, 0.2) is 6.61 Å². The predicted octanol–water partition coefficient (Wildman–Crippen LogP) is 1.11. The Morgan fingerprint density at radius 2 is 1.83 bits per heavy atom. The van der Waals surface area contributed by atoms with Crippen LogP contribution in [0.25, 0.3) is 0 Å². The first-order valence-electron chi connectivity index (χ1n) is 7.97. The number of nitrogens with zero attached hydrogens (tertiary/aromatic N) is 4. The number of hydrogen-bond acceptors (Lipinski definition) is 4. The van der Waals surface area contributed by atoms with Gasteiger partial charge in [-0.2, -0.15) is 5.10 Å². The van der Waals surface area contributed by atoms with Crippen molar-refractivity contribution in [3.63, 3.8) is 0 Å². The lowest BCUT2D eigenvalue weighted by atomic mass is 10.3. The Labute approximate surface area is 136 Å². The molecule has 1 amide bonds. The van der Waals surface area contributed by atoms with Crippen molar-refractivity contribution in [1.29, 1.82) is 0 Å². The highest BCUT2D eigenvalue weighted by molar-refractivity contribution is 5.77. The van der Waals surface area contributed by atoms with Crippen LogP contribution in [-0.2, 0) is 11.3 Å². The second-order valence-corrected chi connectivity index (χ2v) is 5.59. The van der Waals surface area contributed by atoms with Gasteiger partial charge in [-0.1, -0.05) is 18.2 Å². The molecule has 6 nitrogen and oxygen atoms in total. The maximum atomic E-state index is 12.2. The molecular formula is C17H22N4O2. The van der Waals surface area contributed by atoms with Gasteiger partial charge >= 0.3 is 0 Å². The van der Waals surface area contributed by atoms with Gasteiger partial charge in [0.1, 0.15) is 5.75 Å². The van der Waals surface area contributed by atoms with Crippen molar-refractivity contribution in [1.82, 2.24) is 19.6 Å². The van der Waals surface area contributed by atoms with Crippen LogP contribution < -0.4 is 4.74 Å². The summed E-state index contributed by atoms with van der Waals surface area (Å²) < 4.78 is 7.46. The van der Waals surface area contributed by atoms with Crippen molar-refractivity contribution in [2.45, 2.75) is 6.54 Å². The Kier molecular flexibility index (Phi) is 5.26. The summed E-state index contributed by atoms with van der Waals surface area (Å²) in [5.74, 6) is 0.791. The molecule has 0 bridgehead atoms. The molecule has 1 saturated heterocycles. The van der Waals surface area contributed by atoms with Gasteiger partial charge in [-0.3, -0.25) is 14.4 Å². The molecule has 0 N–H and O–H groups in total. The summed E-state index contributed by atoms with van der Waals surface area (Å²) >= 11 is 0. The van der Waals surface area contributed by atoms with Crippen molar-refractivity contribution in [2.24, 2.45) is 0 Å². The molecule has 122 valence electrons. The first-order chi connectivity index (χ1) is 11.3. The number of rotatable bonds is 6. The molecule has 3 rings (SSSR count). The quantitative estimate of drug-likeness (QED) is 0.801. The fourth-order valence-electron chi connectivity index (χ4n) is 2.65. The van der Waals surface area contributed by atoms with Crippen molar-refractivity contribution in [3.8, 4) is 5.75 Å². The largest absolute Gasteiger partial charge is 0.484 e. The van der Waals surface area contributed by atoms with Crippen LogP contribution in [0.5, 0.6) is 5.75 Å². The number of carbonyl (C=O) groups is 1. The molecule has 0 saturated carbocycles. The number of carbonyl (C=O) groups excluding carboxylic acids is 1. The van der Waals surface area contributed by atoms with Crippen molar-refractivity contribution < 1.29 is 9.53 Å². The molecule has 1 aliphatic heterocycles. The summed E-state index contributed by atoms with van der Waals surface area (Å²) in [5, 5.41) is 4.21. The van der Waals surface area contributed by atoms with Crippen LogP contribution in [0.4, 0.5) is 0 Å². The van der Waals surface area contributed by atoms with E-state index in [1.165, 1.54) is 0 Å². The predicted molar refractivity (Wildman–Crippen MR) is 87.2 cm³/mol. The van der Waals surface area contributed by atoms with Crippen LogP contribution in [0, 0.1) is 0 Å². The lowest BCUT2D eigenvalue weighted by Gasteiger charge is -2.34. The van der Waals surface area contributed by atoms with E-state index in [1.54, 1.807) is 6.20 Å². The highest BCUT2D eigenvalue weighted by Crippen LogP contribution is 2.09. The van der Waals surface area contributed by atoms with E-state index in [4.69, 9.17) is 4.74 Å². The molecule has 2 heterocycles. The molecule has 0 unspecified atom stereocenters. The van der Waals surface area contributed by atoms with Crippen LogP contribution in [0.3, 0.4) is 0 Å². The summed E-state index contributed by atoms with van der Waals surface area (Å²) in [6.07, 6.45) is 3.77. The van der Waals surface area contributed by atoms with Gasteiger partial charge in [0.05, 0.1) is 6.54 Å². The minimum atomic E-state index is 0.0561. The Morgan fingerprint density at radius 3 is 2.52 bits per heavy atom. The molecule has 2 aromatic rings. The minimum Gasteiger partial charge on any atom is -0.484 e. The third-order valence-corrected chi connectivity index (χ3v) is 4.04. The fourth-order valence-corrected chi connectivity index (χ4v) is 2.65. The Balaban J connectivity index is 1.37. The summed E-state index contributed by atoms with van der Waals surface area (Å²) in [6, 6.07) is 11.4. The summed E-state index contributed by atoms with van der Waals surface area (Å²) in [4.78, 5) is 16.4. The van der Waals surface area contributed by atoms with E-state index < -0.39 is 0 Å². The molecule has 1 fully saturated rings. The second kappa shape index (κ2) is 7.78. The number of ether oxygens (including phenoxy) is 1. The van der Waals surface area contributed by atoms with Crippen LogP contribution in [0.1, 0.15) is 0 Å². The number of hydrogen-bond donors (Lipinski definition) is 0. The number of aromatic nitrogens is 2. The van der Waals surface area contributed by atoms with E-state index in [2.05, 4.69) is 10.00 Å². The Bertz CT molecular complexity index is 592. The van der Waals surface area contributed by atoms with Gasteiger partial charge < -0.3 is 9.64 Å². The molecule has 1 aromatic carbocycles. The molecular weight excluding hydrogens is 292 g/mol. The monoisotopic (exact) mass is 314 g/mol. The van der Waals surface area contributed by atoms with Crippen LogP contribution in [-0.4, -0.2) is 64.8 Å². The molecule has 6 heteroatoms. The van der Waals surface area contributed by atoms with Crippen LogP contribution in [0.2, 0.25) is 0 Å². The van der Waals surface area contributed by atoms with E-state index in [0.717, 1.165) is 45.0 Å². The van der Waals surface area contributed by atoms with Crippen molar-refractivity contribution >= 4 is 5.91 Å². The molecule has 0 atom stereocenters. The zero-order chi connectivity index (χ0) is 15.9. The molecule has 0 radical (unpaired) electrons. The van der Waals surface area contributed by atoms with Crippen molar-refractivity contribution in [3.05, 3.63) is 48.8 Å². The maximum absolute atomic E-state index is 12.2. The summed E-state index contributed by atoms with van der Waals surface area (Å²) in [5.41, 5.74) is 0. The maximum Gasteiger partial charge on any atom is 0.260 e. The third-order valence-electron chi connectivity index (χ3n) is 4.04. The Hall–Kier alpha value is -2.34. The average molecular weight is 314 g/mol. The van der Waals surface area contributed by atoms with E-state index in [9.17, 15) is 4.79 Å². The molecule has 1 aromatic heterocycles. The van der Waals surface area contributed by atoms with E-state index >= 15 is 0 Å². The topological polar surface area (TPSA) is 50.6 Å². The minimum absolute atomic E-state index is 0.0561. The SMILES string of the molecule is O=C(COc1ccccc1)N1CCN(CCn2cccn2)CC1. The number of para-hydroxylation sites is 1. The smallest absolute Gasteiger partial charge is 0.260 e. The number of benzene rings is 1. The number of amides is 1. The van der Waals surface area contributed by atoms with E-state index in [1.807, 2.05) is 52.2 Å². The highest BCUT2D eigenvalue weighted by atomic mass is 16.5. The average Bonchev–Trinajstić information content (AvgIpc) is 3.13. The molecule has 0 spiro atoms. The molecule has 1 aliphatic rings. The van der Waals surface area contributed by atoms with Gasteiger partial charge in [0.2, 0.25) is 0 Å². The first kappa shape index (κ1) is 15.6. The third kappa shape index (κ3) is 4.56. The Morgan fingerprint density at radius 1 is 1.04 bits per heavy atom. The summed E-state index contributed by atoms with van der Waals surface area (Å²) in [6.45, 7) is 5.28. The van der Waals surface area contributed by atoms with Gasteiger partial charge in [-0.15, -0.1) is 0 Å². The van der Waals surface area contributed by atoms with Gasteiger partial charge in [-0.25, -0.2) is 0 Å². The number of piperazine rings is 1. The molecule has 0 aliphatic carbocycles. The van der Waals surface area contributed by atoms with Gasteiger partial charge in [-0.05, 0) is 18.2 Å². The second-order valence-electron chi connectivity index (χ2n) is 5.59. The lowest BCUT2D eigenvalue weighted by molar-refractivity contribution is -0.135. The standard InChI is InChI=1S/C17H22N4O2/c22-17(15-23-16-5-2-1-3-6-16)20-12-9-19(10-13-20)11-14-21-8-4-7-18-21/h1-8H,9-15H2. The lowest BCUT2D eigenvalue weighted by Crippen LogP contribution is -2.50. The highest BCUT2D eigenvalue weighted by Gasteiger charge is 2.21. The van der Waals surface area contributed by atoms with Crippen LogP contribution >= 0.6 is 0 Å². The van der Waals surface area contributed by atoms with Gasteiger partial charge in [0, 0.05) is 45.1 Å².